The van der Waals surface area contributed by atoms with Gasteiger partial charge in [-0.05, 0) is 25.3 Å². The fraction of sp³-hybridized carbons (Fsp3) is 0.727. The summed E-state index contributed by atoms with van der Waals surface area (Å²) in [4.78, 5) is 11.9. The molecule has 2 heterocycles. The van der Waals surface area contributed by atoms with E-state index in [1.165, 1.54) is 0 Å². The lowest BCUT2D eigenvalue weighted by atomic mass is 9.94. The van der Waals surface area contributed by atoms with E-state index < -0.39 is 0 Å². The van der Waals surface area contributed by atoms with Crippen molar-refractivity contribution >= 4 is 5.91 Å². The van der Waals surface area contributed by atoms with Gasteiger partial charge in [0.25, 0.3) is 0 Å². The van der Waals surface area contributed by atoms with Crippen molar-refractivity contribution in [2.75, 3.05) is 6.54 Å². The molecule has 1 aliphatic heterocycles. The van der Waals surface area contributed by atoms with Gasteiger partial charge in [-0.2, -0.15) is 0 Å². The Morgan fingerprint density at radius 1 is 1.71 bits per heavy atom. The number of nitrogens with one attached hydrogen (secondary N) is 2. The summed E-state index contributed by atoms with van der Waals surface area (Å²) in [7, 11) is 1.86. The molecular weight excluding hydrogens is 218 g/mol. The summed E-state index contributed by atoms with van der Waals surface area (Å²) in [5.41, 5.74) is 0. The minimum Gasteiger partial charge on any atom is -0.347 e. The summed E-state index contributed by atoms with van der Waals surface area (Å²) in [5, 5.41) is 13.8. The van der Waals surface area contributed by atoms with Crippen molar-refractivity contribution in [3.63, 3.8) is 0 Å². The van der Waals surface area contributed by atoms with Gasteiger partial charge in [0.1, 0.15) is 6.33 Å². The van der Waals surface area contributed by atoms with Crippen LogP contribution in [-0.4, -0.2) is 33.3 Å². The molecule has 1 fully saturated rings. The molecule has 0 bridgehead atoms. The lowest BCUT2D eigenvalue weighted by Crippen LogP contribution is -2.48. The summed E-state index contributed by atoms with van der Waals surface area (Å²) in [6.45, 7) is 3.54. The van der Waals surface area contributed by atoms with E-state index in [2.05, 4.69) is 27.8 Å². The molecule has 1 aliphatic rings. The summed E-state index contributed by atoms with van der Waals surface area (Å²) in [5.74, 6) is 1.43. The third-order valence-electron chi connectivity index (χ3n) is 3.21. The highest BCUT2D eigenvalue weighted by Crippen LogP contribution is 2.14. The molecule has 2 atom stereocenters. The second kappa shape index (κ2) is 5.27. The van der Waals surface area contributed by atoms with Crippen LogP contribution in [0, 0.1) is 5.92 Å². The first-order valence-electron chi connectivity index (χ1n) is 6.01. The van der Waals surface area contributed by atoms with Gasteiger partial charge in [0.05, 0.1) is 12.6 Å². The van der Waals surface area contributed by atoms with Crippen LogP contribution in [-0.2, 0) is 18.4 Å². The lowest BCUT2D eigenvalue weighted by molar-refractivity contribution is -0.124. The smallest absolute Gasteiger partial charge is 0.237 e. The molecule has 2 unspecified atom stereocenters. The minimum absolute atomic E-state index is 0.0551. The summed E-state index contributed by atoms with van der Waals surface area (Å²) in [6, 6.07) is -0.0630. The quantitative estimate of drug-likeness (QED) is 0.765. The summed E-state index contributed by atoms with van der Waals surface area (Å²) in [6.07, 6.45) is 3.68. The van der Waals surface area contributed by atoms with Crippen LogP contribution in [0.1, 0.15) is 25.6 Å². The fourth-order valence-corrected chi connectivity index (χ4v) is 2.06. The highest BCUT2D eigenvalue weighted by atomic mass is 16.2. The van der Waals surface area contributed by atoms with E-state index in [9.17, 15) is 4.79 Å². The van der Waals surface area contributed by atoms with Gasteiger partial charge in [-0.25, -0.2) is 0 Å². The Bertz CT molecular complexity index is 389. The second-order valence-corrected chi connectivity index (χ2v) is 4.71. The van der Waals surface area contributed by atoms with E-state index in [4.69, 9.17) is 0 Å². The maximum atomic E-state index is 11.9. The molecule has 1 aromatic heterocycles. The normalized spacial score (nSPS) is 24.6. The average molecular weight is 237 g/mol. The van der Waals surface area contributed by atoms with Gasteiger partial charge in [0.15, 0.2) is 5.82 Å². The second-order valence-electron chi connectivity index (χ2n) is 4.71. The van der Waals surface area contributed by atoms with Crippen LogP contribution in [0.25, 0.3) is 0 Å². The monoisotopic (exact) mass is 237 g/mol. The summed E-state index contributed by atoms with van der Waals surface area (Å²) < 4.78 is 1.80. The SMILES string of the molecule is CC1CCNC(C(=O)NCc2nncn2C)C1. The third kappa shape index (κ3) is 3.03. The van der Waals surface area contributed by atoms with Gasteiger partial charge < -0.3 is 15.2 Å². The molecule has 94 valence electrons. The van der Waals surface area contributed by atoms with Crippen LogP contribution in [0.5, 0.6) is 0 Å². The molecule has 6 nitrogen and oxygen atoms in total. The first kappa shape index (κ1) is 12.0. The predicted octanol–water partition coefficient (Wildman–Crippen LogP) is -0.181. The number of amides is 1. The van der Waals surface area contributed by atoms with Crippen LogP contribution in [0.4, 0.5) is 0 Å². The number of nitrogens with zero attached hydrogens (tertiary/aromatic N) is 3. The zero-order chi connectivity index (χ0) is 12.3. The fourth-order valence-electron chi connectivity index (χ4n) is 2.06. The molecule has 1 aromatic rings. The number of aromatic nitrogens is 3. The Morgan fingerprint density at radius 2 is 2.53 bits per heavy atom. The van der Waals surface area contributed by atoms with Gasteiger partial charge in [-0.3, -0.25) is 4.79 Å². The van der Waals surface area contributed by atoms with Crippen molar-refractivity contribution in [1.82, 2.24) is 25.4 Å². The van der Waals surface area contributed by atoms with Crippen molar-refractivity contribution in [2.45, 2.75) is 32.4 Å². The highest BCUT2D eigenvalue weighted by Gasteiger charge is 2.24. The topological polar surface area (TPSA) is 71.8 Å². The van der Waals surface area contributed by atoms with E-state index in [1.54, 1.807) is 10.9 Å². The van der Waals surface area contributed by atoms with Crippen LogP contribution in [0.2, 0.25) is 0 Å². The number of hydrogen-bond acceptors (Lipinski definition) is 4. The first-order chi connectivity index (χ1) is 8.16. The van der Waals surface area contributed by atoms with Crippen molar-refractivity contribution < 1.29 is 4.79 Å². The number of rotatable bonds is 3. The van der Waals surface area contributed by atoms with Gasteiger partial charge >= 0.3 is 0 Å². The zero-order valence-electron chi connectivity index (χ0n) is 10.3. The number of aryl methyl sites for hydroxylation is 1. The van der Waals surface area contributed by atoms with Crippen molar-refractivity contribution in [1.29, 1.82) is 0 Å². The highest BCUT2D eigenvalue weighted by molar-refractivity contribution is 5.81. The van der Waals surface area contributed by atoms with Crippen LogP contribution in [0.3, 0.4) is 0 Å². The Labute approximate surface area is 101 Å². The molecule has 6 heteroatoms. The number of piperidine rings is 1. The number of carbonyl (C=O) groups is 1. The van der Waals surface area contributed by atoms with E-state index >= 15 is 0 Å². The number of carbonyl (C=O) groups excluding carboxylic acids is 1. The predicted molar refractivity (Wildman–Crippen MR) is 63.0 cm³/mol. The van der Waals surface area contributed by atoms with Crippen LogP contribution < -0.4 is 10.6 Å². The molecule has 1 saturated heterocycles. The van der Waals surface area contributed by atoms with E-state index in [0.717, 1.165) is 25.2 Å². The van der Waals surface area contributed by atoms with Gasteiger partial charge in [0, 0.05) is 7.05 Å². The van der Waals surface area contributed by atoms with Crippen molar-refractivity contribution in [3.05, 3.63) is 12.2 Å². The molecule has 17 heavy (non-hydrogen) atoms. The van der Waals surface area contributed by atoms with E-state index in [-0.39, 0.29) is 11.9 Å². The molecule has 0 spiro atoms. The van der Waals surface area contributed by atoms with Gasteiger partial charge in [-0.1, -0.05) is 6.92 Å². The largest absolute Gasteiger partial charge is 0.347 e. The molecule has 0 saturated carbocycles. The Kier molecular flexibility index (Phi) is 3.73. The minimum atomic E-state index is -0.0630. The van der Waals surface area contributed by atoms with E-state index in [1.807, 2.05) is 7.05 Å². The Hall–Kier alpha value is -1.43. The van der Waals surface area contributed by atoms with Crippen molar-refractivity contribution in [3.8, 4) is 0 Å². The molecule has 2 N–H and O–H groups in total. The first-order valence-corrected chi connectivity index (χ1v) is 6.01. The van der Waals surface area contributed by atoms with E-state index in [0.29, 0.717) is 12.5 Å². The van der Waals surface area contributed by atoms with Gasteiger partial charge in [-0.15, -0.1) is 10.2 Å². The summed E-state index contributed by atoms with van der Waals surface area (Å²) >= 11 is 0. The molecular formula is C11H19N5O. The maximum Gasteiger partial charge on any atom is 0.237 e. The van der Waals surface area contributed by atoms with Crippen LogP contribution >= 0.6 is 0 Å². The standard InChI is InChI=1S/C11H19N5O/c1-8-3-4-12-9(5-8)11(17)13-6-10-15-14-7-16(10)2/h7-9,12H,3-6H2,1-2H3,(H,13,17). The Morgan fingerprint density at radius 3 is 3.18 bits per heavy atom. The molecule has 0 aliphatic carbocycles. The number of hydrogen-bond donors (Lipinski definition) is 2. The average Bonchev–Trinajstić information content (AvgIpc) is 2.72. The molecule has 0 radical (unpaired) electrons. The van der Waals surface area contributed by atoms with Crippen molar-refractivity contribution in [2.24, 2.45) is 13.0 Å². The lowest BCUT2D eigenvalue weighted by Gasteiger charge is -2.27. The third-order valence-corrected chi connectivity index (χ3v) is 3.21. The van der Waals surface area contributed by atoms with Gasteiger partial charge in [0.2, 0.25) is 5.91 Å². The zero-order valence-corrected chi connectivity index (χ0v) is 10.3. The molecule has 0 aromatic carbocycles. The maximum absolute atomic E-state index is 11.9. The molecule has 1 amide bonds. The van der Waals surface area contributed by atoms with Crippen LogP contribution in [0.15, 0.2) is 6.33 Å². The Balaban J connectivity index is 1.83. The molecule has 2 rings (SSSR count).